The fourth-order valence-electron chi connectivity index (χ4n) is 4.45. The Labute approximate surface area is 184 Å². The first-order valence-electron chi connectivity index (χ1n) is 10.7. The number of H-pyrrole nitrogens is 2. The molecule has 2 aliphatic rings. The number of likely N-dealkylation sites (tertiary alicyclic amines) is 1. The van der Waals surface area contributed by atoms with E-state index in [4.69, 9.17) is 4.74 Å². The maximum absolute atomic E-state index is 13.2. The van der Waals surface area contributed by atoms with Crippen molar-refractivity contribution in [3.8, 4) is 5.75 Å². The van der Waals surface area contributed by atoms with E-state index in [-0.39, 0.29) is 30.3 Å². The lowest BCUT2D eigenvalue weighted by molar-refractivity contribution is -0.136. The highest BCUT2D eigenvalue weighted by Crippen LogP contribution is 2.27. The van der Waals surface area contributed by atoms with Gasteiger partial charge in [-0.25, -0.2) is 4.79 Å². The molecule has 2 atom stereocenters. The van der Waals surface area contributed by atoms with E-state index in [1.165, 1.54) is 0 Å². The van der Waals surface area contributed by atoms with E-state index in [9.17, 15) is 19.2 Å². The second-order valence-corrected chi connectivity index (χ2v) is 8.09. The van der Waals surface area contributed by atoms with Crippen molar-refractivity contribution in [3.05, 3.63) is 74.6 Å². The Morgan fingerprint density at radius 2 is 1.91 bits per heavy atom. The zero-order valence-corrected chi connectivity index (χ0v) is 17.9. The van der Waals surface area contributed by atoms with Gasteiger partial charge in [0.2, 0.25) is 0 Å². The number of nitrogens with one attached hydrogen (secondary N) is 2. The lowest BCUT2D eigenvalue weighted by Gasteiger charge is -2.44. The van der Waals surface area contributed by atoms with E-state index >= 15 is 0 Å². The third-order valence-corrected chi connectivity index (χ3v) is 6.09. The number of para-hydroxylation sites is 1. The zero-order chi connectivity index (χ0) is 22.7. The van der Waals surface area contributed by atoms with Crippen LogP contribution in [0.5, 0.6) is 5.75 Å². The molecule has 0 radical (unpaired) electrons. The molecule has 0 spiro atoms. The molecule has 32 heavy (non-hydrogen) atoms. The normalized spacial score (nSPS) is 22.6. The van der Waals surface area contributed by atoms with Crippen molar-refractivity contribution in [2.75, 3.05) is 20.2 Å². The summed E-state index contributed by atoms with van der Waals surface area (Å²) in [6.45, 7) is 0.389. The number of hydrogen-bond acceptors (Lipinski definition) is 5. The molecule has 2 aliphatic heterocycles. The van der Waals surface area contributed by atoms with Crippen LogP contribution in [0.2, 0.25) is 0 Å². The van der Waals surface area contributed by atoms with Gasteiger partial charge in [-0.3, -0.25) is 19.4 Å². The van der Waals surface area contributed by atoms with Crippen LogP contribution in [0.15, 0.2) is 52.1 Å². The van der Waals surface area contributed by atoms with Gasteiger partial charge in [0, 0.05) is 19.7 Å². The minimum atomic E-state index is -0.726. The Morgan fingerprint density at radius 1 is 1.09 bits per heavy atom. The molecule has 0 bridgehead atoms. The number of hydrogen-bond donors (Lipinski definition) is 2. The average molecular weight is 438 g/mol. The predicted octanol–water partition coefficient (Wildman–Crippen LogP) is 1.08. The summed E-state index contributed by atoms with van der Waals surface area (Å²) in [6, 6.07) is 8.21. The van der Waals surface area contributed by atoms with Crippen LogP contribution in [0.1, 0.15) is 35.3 Å². The van der Waals surface area contributed by atoms with Crippen molar-refractivity contribution in [2.45, 2.75) is 37.8 Å². The van der Waals surface area contributed by atoms with Crippen LogP contribution in [0.3, 0.4) is 0 Å². The third kappa shape index (κ3) is 4.51. The van der Waals surface area contributed by atoms with E-state index in [0.29, 0.717) is 31.6 Å². The molecule has 2 amide bonds. The molecular formula is C23H26N4O5. The zero-order valence-electron chi connectivity index (χ0n) is 17.9. The second kappa shape index (κ2) is 9.25. The summed E-state index contributed by atoms with van der Waals surface area (Å²) < 4.78 is 5.81. The number of carbonyl (C=O) groups excluding carboxylic acids is 2. The first-order chi connectivity index (χ1) is 15.4. The summed E-state index contributed by atoms with van der Waals surface area (Å²) in [4.78, 5) is 57.3. The molecule has 1 saturated heterocycles. The Morgan fingerprint density at radius 3 is 2.72 bits per heavy atom. The Bertz CT molecular complexity index is 1120. The first kappa shape index (κ1) is 21.6. The summed E-state index contributed by atoms with van der Waals surface area (Å²) in [5.74, 6) is 0.0961. The number of nitrogens with zero attached hydrogens (tertiary/aromatic N) is 2. The lowest BCUT2D eigenvalue weighted by Crippen LogP contribution is -2.58. The first-order valence-corrected chi connectivity index (χ1v) is 10.7. The monoisotopic (exact) mass is 438 g/mol. The molecule has 9 nitrogen and oxygen atoms in total. The molecule has 168 valence electrons. The molecule has 3 heterocycles. The predicted molar refractivity (Wildman–Crippen MR) is 118 cm³/mol. The highest BCUT2D eigenvalue weighted by molar-refractivity contribution is 5.92. The van der Waals surface area contributed by atoms with E-state index in [1.807, 2.05) is 36.4 Å². The third-order valence-electron chi connectivity index (χ3n) is 6.09. The maximum atomic E-state index is 13.2. The minimum absolute atomic E-state index is 0.0549. The van der Waals surface area contributed by atoms with Crippen LogP contribution >= 0.6 is 0 Å². The van der Waals surface area contributed by atoms with Crippen LogP contribution in [0, 0.1) is 0 Å². The maximum Gasteiger partial charge on any atom is 0.326 e. The van der Waals surface area contributed by atoms with Crippen molar-refractivity contribution in [2.24, 2.45) is 0 Å². The van der Waals surface area contributed by atoms with E-state index in [2.05, 4.69) is 9.97 Å². The minimum Gasteiger partial charge on any atom is -0.483 e. The van der Waals surface area contributed by atoms with Gasteiger partial charge < -0.3 is 19.5 Å². The molecule has 0 unspecified atom stereocenters. The number of benzene rings is 1. The number of piperidine rings is 1. The van der Waals surface area contributed by atoms with Gasteiger partial charge in [0.15, 0.2) is 6.61 Å². The van der Waals surface area contributed by atoms with Crippen molar-refractivity contribution in [1.29, 1.82) is 0 Å². The number of fused-ring (bicyclic) bond motifs is 2. The second-order valence-electron chi connectivity index (χ2n) is 8.09. The lowest BCUT2D eigenvalue weighted by atomic mass is 9.91. The van der Waals surface area contributed by atoms with Crippen LogP contribution in [-0.4, -0.2) is 63.9 Å². The van der Waals surface area contributed by atoms with Gasteiger partial charge in [0.1, 0.15) is 11.4 Å². The molecule has 0 aliphatic carbocycles. The quantitative estimate of drug-likeness (QED) is 0.647. The van der Waals surface area contributed by atoms with Crippen molar-refractivity contribution in [1.82, 2.24) is 19.8 Å². The van der Waals surface area contributed by atoms with Gasteiger partial charge in [0.25, 0.3) is 17.4 Å². The smallest absolute Gasteiger partial charge is 0.326 e. The number of carbonyl (C=O) groups is 2. The highest BCUT2D eigenvalue weighted by Gasteiger charge is 2.38. The van der Waals surface area contributed by atoms with E-state index in [1.54, 1.807) is 16.8 Å². The van der Waals surface area contributed by atoms with Gasteiger partial charge in [-0.1, -0.05) is 30.4 Å². The number of amides is 2. The number of rotatable bonds is 1. The summed E-state index contributed by atoms with van der Waals surface area (Å²) in [7, 11) is 1.73. The van der Waals surface area contributed by atoms with Crippen LogP contribution in [-0.2, 0) is 11.2 Å². The van der Waals surface area contributed by atoms with Gasteiger partial charge in [-0.15, -0.1) is 0 Å². The standard InChI is InChI=1S/C23H26N4O5/c1-26-17-10-6-12-27(22(30)16-13-20(28)25-23(31)24-16)18(17)9-4-2-7-15-8-3-5-11-19(15)32-14-21(26)29/h2-5,8,11,13,17-18H,6-7,9-10,12,14H2,1H3,(H2,24,25,28,31)/b4-2+/t17-,18-/m1/s1. The molecule has 1 fully saturated rings. The van der Waals surface area contributed by atoms with Crippen LogP contribution in [0.25, 0.3) is 0 Å². The Balaban J connectivity index is 1.66. The summed E-state index contributed by atoms with van der Waals surface area (Å²) in [5.41, 5.74) is -0.432. The SMILES string of the molecule is CN1C(=O)COc2ccccc2C/C=C/C[C@@H]2[C@H]1CCCN2C(=O)c1cc(=O)[nH]c(=O)[nH]1. The number of likely N-dealkylation sites (N-methyl/N-ethyl adjacent to an activating group) is 1. The Kier molecular flexibility index (Phi) is 6.25. The largest absolute Gasteiger partial charge is 0.483 e. The van der Waals surface area contributed by atoms with Crippen molar-refractivity contribution in [3.63, 3.8) is 0 Å². The van der Waals surface area contributed by atoms with E-state index in [0.717, 1.165) is 18.1 Å². The number of allylic oxidation sites excluding steroid dienone is 1. The fourth-order valence-corrected chi connectivity index (χ4v) is 4.45. The molecule has 1 aromatic heterocycles. The highest BCUT2D eigenvalue weighted by atomic mass is 16.5. The van der Waals surface area contributed by atoms with Crippen LogP contribution < -0.4 is 16.0 Å². The van der Waals surface area contributed by atoms with Crippen molar-refractivity contribution < 1.29 is 14.3 Å². The average Bonchev–Trinajstić information content (AvgIpc) is 2.78. The molecule has 2 aromatic rings. The molecule has 2 N–H and O–H groups in total. The van der Waals surface area contributed by atoms with Crippen molar-refractivity contribution >= 4 is 11.8 Å². The molecule has 0 saturated carbocycles. The summed E-state index contributed by atoms with van der Waals surface area (Å²) in [6.07, 6.45) is 6.69. The van der Waals surface area contributed by atoms with Gasteiger partial charge in [-0.05, 0) is 37.3 Å². The fraction of sp³-hybridized carbons (Fsp3) is 0.391. The molecule has 9 heteroatoms. The summed E-state index contributed by atoms with van der Waals surface area (Å²) in [5, 5.41) is 0. The molecule has 4 rings (SSSR count). The molecule has 1 aromatic carbocycles. The summed E-state index contributed by atoms with van der Waals surface area (Å²) >= 11 is 0. The number of aromatic amines is 2. The molecular weight excluding hydrogens is 412 g/mol. The van der Waals surface area contributed by atoms with Gasteiger partial charge in [0.05, 0.1) is 12.1 Å². The van der Waals surface area contributed by atoms with Gasteiger partial charge in [-0.2, -0.15) is 0 Å². The number of ether oxygens (including phenoxy) is 1. The van der Waals surface area contributed by atoms with Crippen LogP contribution in [0.4, 0.5) is 0 Å². The number of aromatic nitrogens is 2. The van der Waals surface area contributed by atoms with E-state index < -0.39 is 17.2 Å². The topological polar surface area (TPSA) is 116 Å². The Hall–Kier alpha value is -3.62. The van der Waals surface area contributed by atoms with Gasteiger partial charge >= 0.3 is 5.69 Å².